The van der Waals surface area contributed by atoms with E-state index in [1.54, 1.807) is 49.1 Å². The molecule has 1 spiro atoms. The zero-order chi connectivity index (χ0) is 51.9. The highest BCUT2D eigenvalue weighted by atomic mass is 16.6. The lowest BCUT2D eigenvalue weighted by Gasteiger charge is -2.46. The summed E-state index contributed by atoms with van der Waals surface area (Å²) in [5.41, 5.74) is 2.22. The Bertz CT molecular complexity index is 2860. The summed E-state index contributed by atoms with van der Waals surface area (Å²) in [6.45, 7) is 5.24. The highest BCUT2D eigenvalue weighted by Crippen LogP contribution is 2.66. The average Bonchev–Trinajstić information content (AvgIpc) is 3.86. The van der Waals surface area contributed by atoms with E-state index in [9.17, 15) is 9.90 Å². The number of anilines is 1. The van der Waals surface area contributed by atoms with Gasteiger partial charge in [-0.1, -0.05) is 148 Å². The Morgan fingerprint density at radius 2 is 1.45 bits per heavy atom. The van der Waals surface area contributed by atoms with Crippen molar-refractivity contribution in [3.05, 3.63) is 167 Å². The van der Waals surface area contributed by atoms with Gasteiger partial charge in [-0.05, 0) is 84.0 Å². The van der Waals surface area contributed by atoms with Crippen molar-refractivity contribution < 1.29 is 43.3 Å². The number of nitrogens with zero attached hydrogens (tertiary/aromatic N) is 4. The molecule has 0 saturated carbocycles. The molecule has 5 aromatic rings. The van der Waals surface area contributed by atoms with Crippen LogP contribution < -0.4 is 15.0 Å². The van der Waals surface area contributed by atoms with Crippen LogP contribution >= 0.6 is 0 Å². The molecule has 5 aromatic carbocycles. The number of hydrogen-bond donors (Lipinski definition) is 2. The molecule has 0 aliphatic carbocycles. The molecular formula is C60H65N5O9. The number of esters is 2. The lowest BCUT2D eigenvalue weighted by atomic mass is 9.64. The first-order valence-electron chi connectivity index (χ1n) is 25.8. The minimum Gasteiger partial charge on any atom is -0.491 e. The van der Waals surface area contributed by atoms with Gasteiger partial charge in [-0.2, -0.15) is 0 Å². The quantitative estimate of drug-likeness (QED) is 0.0873. The van der Waals surface area contributed by atoms with Crippen LogP contribution in [0.2, 0.25) is 0 Å². The maximum absolute atomic E-state index is 16.9. The topological polar surface area (TPSA) is 158 Å². The molecular weight excluding hydrogens is 935 g/mol. The summed E-state index contributed by atoms with van der Waals surface area (Å²) < 4.78 is 17.7. The number of imide groups is 1. The number of benzene rings is 5. The van der Waals surface area contributed by atoms with E-state index >= 15 is 19.2 Å². The number of amides is 4. The van der Waals surface area contributed by atoms with E-state index in [1.807, 2.05) is 103 Å². The van der Waals surface area contributed by atoms with Crippen LogP contribution in [0.1, 0.15) is 97.5 Å². The number of fused-ring (bicyclic) bond motifs is 3. The second kappa shape index (κ2) is 22.8. The van der Waals surface area contributed by atoms with Crippen LogP contribution in [-0.2, 0) is 40.6 Å². The van der Waals surface area contributed by atoms with Crippen LogP contribution in [-0.4, -0.2) is 109 Å². The summed E-state index contributed by atoms with van der Waals surface area (Å²) in [7, 11) is 3.22. The van der Waals surface area contributed by atoms with Gasteiger partial charge in [0.15, 0.2) is 0 Å². The summed E-state index contributed by atoms with van der Waals surface area (Å²) in [6, 6.07) is 36.3. The first-order chi connectivity index (χ1) is 36.0. The molecule has 4 heterocycles. The Balaban J connectivity index is 1.32. The van der Waals surface area contributed by atoms with Crippen LogP contribution in [0, 0.1) is 23.7 Å². The number of nitrogens with one attached hydrogen (secondary N) is 1. The average molecular weight is 1000 g/mol. The molecule has 4 amide bonds. The summed E-state index contributed by atoms with van der Waals surface area (Å²) in [5.74, 6) is 2.73. The number of methoxy groups -OCH3 is 1. The zero-order valence-electron chi connectivity index (χ0n) is 42.5. The van der Waals surface area contributed by atoms with Crippen molar-refractivity contribution in [2.75, 3.05) is 51.9 Å². The minimum absolute atomic E-state index is 0.0404. The van der Waals surface area contributed by atoms with Crippen LogP contribution in [0.25, 0.3) is 0 Å². The van der Waals surface area contributed by atoms with Gasteiger partial charge in [0.05, 0.1) is 44.0 Å². The Hall–Kier alpha value is -7.31. The van der Waals surface area contributed by atoms with Gasteiger partial charge in [-0.25, -0.2) is 14.5 Å². The maximum atomic E-state index is 16.9. The summed E-state index contributed by atoms with van der Waals surface area (Å²) in [6.07, 6.45) is 3.41. The first kappa shape index (κ1) is 51.6. The van der Waals surface area contributed by atoms with Crippen LogP contribution in [0.5, 0.6) is 5.75 Å². The number of likely N-dealkylation sites (tertiary alicyclic amines) is 1. The third-order valence-electron chi connectivity index (χ3n) is 14.9. The number of hydrogen-bond acceptors (Lipinski definition) is 11. The van der Waals surface area contributed by atoms with Crippen molar-refractivity contribution >= 4 is 35.5 Å². The molecule has 384 valence electrons. The fraction of sp³-hybridized carbons (Fsp3) is 0.383. The molecule has 7 atom stereocenters. The van der Waals surface area contributed by atoms with Crippen molar-refractivity contribution in [2.24, 2.45) is 11.8 Å². The van der Waals surface area contributed by atoms with Crippen LogP contribution in [0.3, 0.4) is 0 Å². The number of morpholine rings is 1. The van der Waals surface area contributed by atoms with Crippen molar-refractivity contribution in [3.63, 3.8) is 0 Å². The van der Waals surface area contributed by atoms with Crippen LogP contribution in [0.4, 0.5) is 10.5 Å². The highest BCUT2D eigenvalue weighted by molar-refractivity contribution is 6.25. The Kier molecular flexibility index (Phi) is 15.9. The third-order valence-corrected chi connectivity index (χ3v) is 14.9. The molecule has 9 rings (SSSR count). The smallest absolute Gasteiger partial charge is 0.329 e. The van der Waals surface area contributed by atoms with Gasteiger partial charge < -0.3 is 29.5 Å². The molecule has 2 N–H and O–H groups in total. The predicted octanol–water partition coefficient (Wildman–Crippen LogP) is 7.91. The number of aliphatic hydroxyl groups excluding tert-OH is 1. The van der Waals surface area contributed by atoms with Gasteiger partial charge in [-0.3, -0.25) is 24.2 Å². The molecule has 3 fully saturated rings. The van der Waals surface area contributed by atoms with E-state index in [2.05, 4.69) is 34.2 Å². The van der Waals surface area contributed by atoms with Crippen molar-refractivity contribution in [3.8, 4) is 17.6 Å². The zero-order valence-corrected chi connectivity index (χ0v) is 42.5. The lowest BCUT2D eigenvalue weighted by molar-refractivity contribution is -0.179. The van der Waals surface area contributed by atoms with Gasteiger partial charge in [-0.15, -0.1) is 0 Å². The highest BCUT2D eigenvalue weighted by Gasteiger charge is 2.76. The second-order valence-corrected chi connectivity index (χ2v) is 20.0. The van der Waals surface area contributed by atoms with E-state index in [0.717, 1.165) is 48.1 Å². The minimum atomic E-state index is -2.01. The molecule has 0 radical (unpaired) electrons. The van der Waals surface area contributed by atoms with Gasteiger partial charge in [0, 0.05) is 25.2 Å². The van der Waals surface area contributed by atoms with Crippen molar-refractivity contribution in [1.82, 2.24) is 20.0 Å². The number of aliphatic hydroxyl groups is 1. The fourth-order valence-electron chi connectivity index (χ4n) is 11.6. The van der Waals surface area contributed by atoms with Crippen LogP contribution in [0.15, 0.2) is 133 Å². The molecule has 74 heavy (non-hydrogen) atoms. The van der Waals surface area contributed by atoms with Crippen molar-refractivity contribution in [2.45, 2.75) is 88.2 Å². The standard InChI is InChI=1S/C60H65N5O9/c1-40(2)50(56(68)72-4)61-59(71)64-48-32-27-41(22-19-33-62(3)39-42-20-11-8-12-21-42)38-47(48)60(58(64)70)49(55(67)63-34-17-6-5-7-18-35-63)52-57(69)74-53(44-25-15-10-16-26-44)51(43-23-13-9-14-24-43)65(52)54(60)45-28-30-46(31-29-45)73-37-36-66/h8-16,20-21,23-32,38,40,49-54,66H,5-7,17-18,33-37,39H2,1-4H3,(H,61,71). The molecule has 4 aliphatic heterocycles. The first-order valence-corrected chi connectivity index (χ1v) is 25.8. The number of ether oxygens (including phenoxy) is 3. The Morgan fingerprint density at radius 3 is 2.08 bits per heavy atom. The number of urea groups is 1. The van der Waals surface area contributed by atoms with Gasteiger partial charge in [0.1, 0.15) is 36.0 Å². The van der Waals surface area contributed by atoms with E-state index in [1.165, 1.54) is 7.11 Å². The SMILES string of the molecule is COC(=O)C(NC(=O)N1C(=O)C2(c3cc(C#CCN(C)Cc4ccccc4)ccc31)C(C(=O)N1CCCCCCC1)C1C(=O)OC(c3ccccc3)C(c3ccccc3)N1C2c1ccc(OCCO)cc1)C(C)C. The summed E-state index contributed by atoms with van der Waals surface area (Å²) in [5, 5.41) is 12.5. The molecule has 14 heteroatoms. The molecule has 14 nitrogen and oxygen atoms in total. The fourth-order valence-corrected chi connectivity index (χ4v) is 11.6. The van der Waals surface area contributed by atoms with Gasteiger partial charge in [0.25, 0.3) is 0 Å². The Morgan fingerprint density at radius 1 is 0.811 bits per heavy atom. The largest absolute Gasteiger partial charge is 0.491 e. The van der Waals surface area contributed by atoms with E-state index < -0.39 is 77.3 Å². The second-order valence-electron chi connectivity index (χ2n) is 20.0. The lowest BCUT2D eigenvalue weighted by Crippen LogP contribution is -2.58. The number of carbonyl (C=O) groups excluding carboxylic acids is 5. The van der Waals surface area contributed by atoms with E-state index in [4.69, 9.17) is 14.2 Å². The summed E-state index contributed by atoms with van der Waals surface area (Å²) in [4.78, 5) is 84.4. The van der Waals surface area contributed by atoms with E-state index in [-0.39, 0.29) is 18.9 Å². The predicted molar refractivity (Wildman–Crippen MR) is 279 cm³/mol. The normalized spacial score (nSPS) is 23.0. The molecule has 4 aliphatic rings. The summed E-state index contributed by atoms with van der Waals surface area (Å²) >= 11 is 0. The molecule has 7 unspecified atom stereocenters. The van der Waals surface area contributed by atoms with Crippen molar-refractivity contribution in [1.29, 1.82) is 0 Å². The third kappa shape index (κ3) is 10.0. The maximum Gasteiger partial charge on any atom is 0.329 e. The van der Waals surface area contributed by atoms with E-state index in [0.29, 0.717) is 54.2 Å². The molecule has 0 aromatic heterocycles. The Labute approximate surface area is 433 Å². The molecule has 3 saturated heterocycles. The number of rotatable bonds is 13. The molecule has 0 bridgehead atoms. The monoisotopic (exact) mass is 999 g/mol. The van der Waals surface area contributed by atoms with Gasteiger partial charge >= 0.3 is 18.0 Å². The van der Waals surface area contributed by atoms with Gasteiger partial charge in [0.2, 0.25) is 11.8 Å². The number of carbonyl (C=O) groups is 5. The number of cyclic esters (lactones) is 1.